The molecule has 0 bridgehead atoms. The summed E-state index contributed by atoms with van der Waals surface area (Å²) in [6.07, 6.45) is 1.15. The largest absolute Gasteiger partial charge is 0.834 e. The van der Waals surface area contributed by atoms with E-state index in [0.717, 1.165) is 12.3 Å². The van der Waals surface area contributed by atoms with Crippen LogP contribution in [0.1, 0.15) is 5.56 Å². The average Bonchev–Trinajstić information content (AvgIpc) is 2.72. The van der Waals surface area contributed by atoms with Gasteiger partial charge < -0.3 is 17.8 Å². The number of nitro groups is 1. The van der Waals surface area contributed by atoms with Gasteiger partial charge in [-0.3, -0.25) is 10.1 Å². The van der Waals surface area contributed by atoms with Crippen LogP contribution in [0.15, 0.2) is 83.0 Å². The molecule has 0 saturated carbocycles. The van der Waals surface area contributed by atoms with Gasteiger partial charge in [-0.05, 0) is 30.3 Å². The molecule has 29 heavy (non-hydrogen) atoms. The minimum Gasteiger partial charge on any atom is -0.599 e. The van der Waals surface area contributed by atoms with Crippen molar-refractivity contribution in [2.24, 2.45) is 10.2 Å². The smallest absolute Gasteiger partial charge is 0.599 e. The zero-order chi connectivity index (χ0) is 20.4. The third-order valence-corrected chi connectivity index (χ3v) is 4.26. The molecule has 1 aliphatic rings. The van der Waals surface area contributed by atoms with Crippen molar-refractivity contribution in [2.45, 2.75) is 0 Å². The highest BCUT2D eigenvalue weighted by molar-refractivity contribution is 6.53. The maximum Gasteiger partial charge on any atom is 0.834 e. The molecule has 0 fully saturated rings. The van der Waals surface area contributed by atoms with Crippen LogP contribution in [-0.4, -0.2) is 22.7 Å². The van der Waals surface area contributed by atoms with Gasteiger partial charge >= 0.3 is 7.04 Å². The molecule has 0 amide bonds. The second kappa shape index (κ2) is 7.23. The van der Waals surface area contributed by atoms with Gasteiger partial charge in [0.25, 0.3) is 5.69 Å². The van der Waals surface area contributed by atoms with Crippen LogP contribution in [0, 0.1) is 10.1 Å². The Morgan fingerprint density at radius 1 is 0.931 bits per heavy atom. The Bertz CT molecular complexity index is 1140. The zero-order valence-corrected chi connectivity index (χ0v) is 14.9. The van der Waals surface area contributed by atoms with Gasteiger partial charge in [-0.2, -0.15) is 10.2 Å². The molecule has 0 spiro atoms. The number of hydrogen-bond donors (Lipinski definition) is 0. The molecule has 0 saturated heterocycles. The van der Waals surface area contributed by atoms with Gasteiger partial charge in [-0.15, -0.1) is 0 Å². The average molecular weight is 394 g/mol. The molecule has 3 aromatic carbocycles. The fraction of sp³-hybridized carbons (Fsp3) is 0. The molecule has 3 aromatic rings. The molecular weight excluding hydrogens is 381 g/mol. The van der Waals surface area contributed by atoms with Crippen LogP contribution in [0.4, 0.5) is 31.4 Å². The van der Waals surface area contributed by atoms with Gasteiger partial charge in [0.15, 0.2) is 5.69 Å². The molecule has 0 N–H and O–H groups in total. The summed E-state index contributed by atoms with van der Waals surface area (Å²) < 4.78 is 34.5. The first-order valence-electron chi connectivity index (χ1n) is 8.61. The van der Waals surface area contributed by atoms with Gasteiger partial charge in [0.1, 0.15) is 6.21 Å². The van der Waals surface area contributed by atoms with E-state index in [4.69, 9.17) is 4.65 Å². The van der Waals surface area contributed by atoms with Crippen LogP contribution in [0.25, 0.3) is 0 Å². The van der Waals surface area contributed by atoms with Crippen LogP contribution in [0.2, 0.25) is 0 Å². The van der Waals surface area contributed by atoms with Gasteiger partial charge in [0.2, 0.25) is 0 Å². The third-order valence-electron chi connectivity index (χ3n) is 4.26. The Labute approximate surface area is 163 Å². The topological polar surface area (TPSA) is 80.1 Å². The van der Waals surface area contributed by atoms with Crippen molar-refractivity contribution in [3.63, 3.8) is 0 Å². The Balaban J connectivity index is 1.65. The molecule has 1 aliphatic heterocycles. The maximum atomic E-state index is 14.5. The number of rotatable bonds is 4. The van der Waals surface area contributed by atoms with Crippen molar-refractivity contribution in [1.29, 1.82) is 0 Å². The highest BCUT2D eigenvalue weighted by atomic mass is 19.3. The van der Waals surface area contributed by atoms with Crippen LogP contribution in [0.5, 0.6) is 5.75 Å². The minimum atomic E-state index is -4.39. The van der Waals surface area contributed by atoms with Crippen molar-refractivity contribution in [1.82, 2.24) is 0 Å². The van der Waals surface area contributed by atoms with Crippen LogP contribution < -0.4 is 4.65 Å². The van der Waals surface area contributed by atoms with Crippen molar-refractivity contribution in [2.75, 3.05) is 0 Å². The summed E-state index contributed by atoms with van der Waals surface area (Å²) in [6, 6.07) is 18.6. The Morgan fingerprint density at radius 3 is 2.24 bits per heavy atom. The summed E-state index contributed by atoms with van der Waals surface area (Å²) in [6.45, 7) is 0. The molecule has 0 aliphatic carbocycles. The summed E-state index contributed by atoms with van der Waals surface area (Å²) in [4.78, 5) is 10.3. The van der Waals surface area contributed by atoms with Gasteiger partial charge in [0, 0.05) is 24.3 Å². The van der Waals surface area contributed by atoms with E-state index < -0.39 is 12.0 Å². The van der Waals surface area contributed by atoms with Crippen LogP contribution in [0.3, 0.4) is 0 Å². The van der Waals surface area contributed by atoms with E-state index >= 15 is 0 Å². The van der Waals surface area contributed by atoms with Crippen LogP contribution in [-0.2, 0) is 0 Å². The van der Waals surface area contributed by atoms with Crippen LogP contribution >= 0.6 is 0 Å². The first-order chi connectivity index (χ1) is 13.9. The monoisotopic (exact) mass is 394 g/mol. The van der Waals surface area contributed by atoms with Crippen molar-refractivity contribution in [3.05, 3.63) is 88.5 Å². The SMILES string of the molecule is O=[N+]([O-])c1ccc2c(c1)C=[N+](c1ccc(N=Nc3ccccc3)cc1)[B-](F)(F)O2. The molecule has 0 unspecified atom stereocenters. The lowest BCUT2D eigenvalue weighted by molar-refractivity contribution is -0.385. The molecule has 0 atom stereocenters. The van der Waals surface area contributed by atoms with Gasteiger partial charge in [-0.25, -0.2) is 0 Å². The second-order valence-corrected chi connectivity index (χ2v) is 6.25. The molecular formula is C19H13BF2N4O3. The normalized spacial score (nSPS) is 14.8. The van der Waals surface area contributed by atoms with E-state index in [0.29, 0.717) is 15.9 Å². The van der Waals surface area contributed by atoms with E-state index in [1.54, 1.807) is 24.3 Å². The van der Waals surface area contributed by atoms with Crippen molar-refractivity contribution in [3.8, 4) is 5.75 Å². The first kappa shape index (κ1) is 18.4. The molecule has 144 valence electrons. The molecule has 10 heteroatoms. The Kier molecular flexibility index (Phi) is 4.59. The lowest BCUT2D eigenvalue weighted by Crippen LogP contribution is -2.46. The van der Waals surface area contributed by atoms with E-state index in [1.165, 1.54) is 24.3 Å². The Hall–Kier alpha value is -3.95. The van der Waals surface area contributed by atoms with E-state index in [9.17, 15) is 18.7 Å². The highest BCUT2D eigenvalue weighted by Gasteiger charge is 2.50. The zero-order valence-electron chi connectivity index (χ0n) is 14.9. The predicted octanol–water partition coefficient (Wildman–Crippen LogP) is 5.54. The fourth-order valence-electron chi connectivity index (χ4n) is 2.85. The first-order valence-corrected chi connectivity index (χ1v) is 8.61. The fourth-order valence-corrected chi connectivity index (χ4v) is 2.85. The molecule has 0 radical (unpaired) electrons. The number of nitro benzene ring substituents is 1. The number of hydrogen-bond acceptors (Lipinski definition) is 5. The van der Waals surface area contributed by atoms with E-state index in [-0.39, 0.29) is 22.7 Å². The summed E-state index contributed by atoms with van der Waals surface area (Å²) in [5.74, 6) is -0.106. The lowest BCUT2D eigenvalue weighted by atomic mass is 9.98. The van der Waals surface area contributed by atoms with Crippen molar-refractivity contribution < 1.29 is 22.7 Å². The van der Waals surface area contributed by atoms with E-state index in [2.05, 4.69) is 10.2 Å². The quantitative estimate of drug-likeness (QED) is 0.252. The second-order valence-electron chi connectivity index (χ2n) is 6.25. The van der Waals surface area contributed by atoms with Crippen molar-refractivity contribution >= 4 is 36.0 Å². The highest BCUT2D eigenvalue weighted by Crippen LogP contribution is 2.33. The van der Waals surface area contributed by atoms with Gasteiger partial charge in [0.05, 0.1) is 27.6 Å². The number of non-ortho nitro benzene ring substituents is 1. The van der Waals surface area contributed by atoms with Gasteiger partial charge in [-0.1, -0.05) is 18.2 Å². The lowest BCUT2D eigenvalue weighted by Gasteiger charge is -2.27. The summed E-state index contributed by atoms with van der Waals surface area (Å²) >= 11 is 0. The number of benzene rings is 3. The van der Waals surface area contributed by atoms with E-state index in [1.807, 2.05) is 18.2 Å². The standard InChI is InChI=1S/C19H13BF2N4O3/c21-20(22)25(13-14-12-18(26(27)28)10-11-19(14)29-20)17-8-6-16(7-9-17)24-23-15-4-2-1-3-5-15/h1-13H. The summed E-state index contributed by atoms with van der Waals surface area (Å²) in [5, 5.41) is 19.1. The minimum absolute atomic E-state index is 0.106. The molecule has 7 nitrogen and oxygen atoms in total. The molecule has 4 rings (SSSR count). The maximum absolute atomic E-state index is 14.5. The number of halogens is 2. The number of azo groups is 1. The molecule has 1 heterocycles. The summed E-state index contributed by atoms with van der Waals surface area (Å²) in [5.41, 5.74) is 1.30. The predicted molar refractivity (Wildman–Crippen MR) is 104 cm³/mol. The number of fused-ring (bicyclic) bond motifs is 1. The number of nitrogens with zero attached hydrogens (tertiary/aromatic N) is 4. The third kappa shape index (κ3) is 3.86. The Morgan fingerprint density at radius 2 is 1.59 bits per heavy atom. The summed E-state index contributed by atoms with van der Waals surface area (Å²) in [7, 11) is -4.39. The molecule has 0 aromatic heterocycles.